The molecule has 0 aliphatic heterocycles. The molecular formula is C12H15N3O2. The third-order valence-electron chi connectivity index (χ3n) is 2.46. The van der Waals surface area contributed by atoms with Crippen LogP contribution in [-0.4, -0.2) is 20.0 Å². The highest BCUT2D eigenvalue weighted by atomic mass is 16.3. The van der Waals surface area contributed by atoms with E-state index in [1.165, 1.54) is 6.07 Å². The van der Waals surface area contributed by atoms with E-state index < -0.39 is 0 Å². The maximum Gasteiger partial charge on any atom is 0.123 e. The smallest absolute Gasteiger partial charge is 0.123 e. The second-order valence-electron chi connectivity index (χ2n) is 3.90. The minimum Gasteiger partial charge on any atom is -0.508 e. The van der Waals surface area contributed by atoms with E-state index in [0.717, 1.165) is 11.3 Å². The second-order valence-corrected chi connectivity index (χ2v) is 3.90. The van der Waals surface area contributed by atoms with E-state index >= 15 is 0 Å². The number of phenolic OH excluding ortho intramolecular Hbond substituents is 2. The largest absolute Gasteiger partial charge is 0.508 e. The Morgan fingerprint density at radius 1 is 1.24 bits per heavy atom. The molecule has 3 N–H and O–H groups in total. The van der Waals surface area contributed by atoms with Gasteiger partial charge in [-0.1, -0.05) is 6.07 Å². The summed E-state index contributed by atoms with van der Waals surface area (Å²) in [5.41, 5.74) is 1.70. The normalized spacial score (nSPS) is 10.6. The van der Waals surface area contributed by atoms with E-state index in [1.807, 2.05) is 19.3 Å². The van der Waals surface area contributed by atoms with Gasteiger partial charge in [-0.15, -0.1) is 0 Å². The van der Waals surface area contributed by atoms with E-state index in [0.29, 0.717) is 13.1 Å². The molecule has 1 heterocycles. The Hall–Kier alpha value is -2.01. The standard InChI is InChI=1S/C12H15N3O2/c1-15-5-4-10(14-15)8-13-7-9-2-3-11(16)6-12(9)17/h2-6,13,16-17H,7-8H2,1H3. The quantitative estimate of drug-likeness (QED) is 0.740. The molecule has 0 saturated heterocycles. The minimum atomic E-state index is 0.0657. The lowest BCUT2D eigenvalue weighted by Gasteiger charge is -2.05. The van der Waals surface area contributed by atoms with Gasteiger partial charge in [-0.25, -0.2) is 0 Å². The van der Waals surface area contributed by atoms with Crippen LogP contribution in [0.2, 0.25) is 0 Å². The van der Waals surface area contributed by atoms with Gasteiger partial charge in [0.2, 0.25) is 0 Å². The van der Waals surface area contributed by atoms with E-state index in [1.54, 1.807) is 16.8 Å². The lowest BCUT2D eigenvalue weighted by molar-refractivity contribution is 0.443. The molecule has 0 saturated carbocycles. The van der Waals surface area contributed by atoms with Gasteiger partial charge in [-0.05, 0) is 12.1 Å². The molecule has 90 valence electrons. The molecule has 1 aromatic heterocycles. The van der Waals surface area contributed by atoms with Crippen molar-refractivity contribution in [2.45, 2.75) is 13.1 Å². The Morgan fingerprint density at radius 2 is 2.06 bits per heavy atom. The van der Waals surface area contributed by atoms with Crippen LogP contribution in [-0.2, 0) is 20.1 Å². The van der Waals surface area contributed by atoms with Gasteiger partial charge < -0.3 is 15.5 Å². The van der Waals surface area contributed by atoms with E-state index in [4.69, 9.17) is 5.11 Å². The van der Waals surface area contributed by atoms with Crippen LogP contribution in [0.4, 0.5) is 0 Å². The predicted octanol–water partition coefficient (Wildman–Crippen LogP) is 1.12. The highest BCUT2D eigenvalue weighted by molar-refractivity contribution is 5.38. The first-order chi connectivity index (χ1) is 8.15. The van der Waals surface area contributed by atoms with Crippen molar-refractivity contribution in [2.24, 2.45) is 7.05 Å². The van der Waals surface area contributed by atoms with Crippen molar-refractivity contribution < 1.29 is 10.2 Å². The number of benzene rings is 1. The third-order valence-corrected chi connectivity index (χ3v) is 2.46. The lowest BCUT2D eigenvalue weighted by atomic mass is 10.2. The molecule has 5 nitrogen and oxygen atoms in total. The second kappa shape index (κ2) is 4.88. The number of aromatic hydroxyl groups is 2. The van der Waals surface area contributed by atoms with Crippen molar-refractivity contribution >= 4 is 0 Å². The number of rotatable bonds is 4. The van der Waals surface area contributed by atoms with Crippen LogP contribution in [0, 0.1) is 0 Å². The number of nitrogens with zero attached hydrogens (tertiary/aromatic N) is 2. The minimum absolute atomic E-state index is 0.0657. The van der Waals surface area contributed by atoms with Crippen molar-refractivity contribution in [3.63, 3.8) is 0 Å². The number of hydrogen-bond acceptors (Lipinski definition) is 4. The third kappa shape index (κ3) is 2.98. The fraction of sp³-hybridized carbons (Fsp3) is 0.250. The van der Waals surface area contributed by atoms with Gasteiger partial charge in [-0.2, -0.15) is 5.10 Å². The van der Waals surface area contributed by atoms with E-state index in [9.17, 15) is 5.11 Å². The number of hydrogen-bond donors (Lipinski definition) is 3. The van der Waals surface area contributed by atoms with Crippen LogP contribution in [0.1, 0.15) is 11.3 Å². The topological polar surface area (TPSA) is 70.3 Å². The van der Waals surface area contributed by atoms with Crippen molar-refractivity contribution in [3.8, 4) is 11.5 Å². The van der Waals surface area contributed by atoms with Crippen LogP contribution in [0.15, 0.2) is 30.5 Å². The average molecular weight is 233 g/mol. The monoisotopic (exact) mass is 233 g/mol. The maximum absolute atomic E-state index is 9.57. The van der Waals surface area contributed by atoms with Crippen LogP contribution in [0.5, 0.6) is 11.5 Å². The molecule has 0 unspecified atom stereocenters. The highest BCUT2D eigenvalue weighted by Crippen LogP contribution is 2.22. The van der Waals surface area contributed by atoms with E-state index in [-0.39, 0.29) is 11.5 Å². The fourth-order valence-electron chi connectivity index (χ4n) is 1.58. The summed E-state index contributed by atoms with van der Waals surface area (Å²) in [6.45, 7) is 1.17. The summed E-state index contributed by atoms with van der Waals surface area (Å²) >= 11 is 0. The van der Waals surface area contributed by atoms with Crippen molar-refractivity contribution in [2.75, 3.05) is 0 Å². The summed E-state index contributed by atoms with van der Waals surface area (Å²) in [7, 11) is 1.87. The molecule has 5 heteroatoms. The molecule has 0 aliphatic rings. The van der Waals surface area contributed by atoms with Gasteiger partial charge in [0.25, 0.3) is 0 Å². The summed E-state index contributed by atoms with van der Waals surface area (Å²) in [6.07, 6.45) is 1.88. The Bertz CT molecular complexity index is 508. The molecule has 0 atom stereocenters. The number of aromatic nitrogens is 2. The summed E-state index contributed by atoms with van der Waals surface area (Å²) in [6, 6.07) is 6.51. The Kier molecular flexibility index (Phi) is 3.30. The fourth-order valence-corrected chi connectivity index (χ4v) is 1.58. The Labute approximate surface area is 99.3 Å². The molecule has 0 fully saturated rings. The maximum atomic E-state index is 9.57. The zero-order valence-corrected chi connectivity index (χ0v) is 9.59. The zero-order valence-electron chi connectivity index (χ0n) is 9.59. The molecule has 0 radical (unpaired) electrons. The molecule has 1 aromatic carbocycles. The van der Waals surface area contributed by atoms with Crippen molar-refractivity contribution in [1.29, 1.82) is 0 Å². The van der Waals surface area contributed by atoms with Gasteiger partial charge in [0.05, 0.1) is 5.69 Å². The Morgan fingerprint density at radius 3 is 2.71 bits per heavy atom. The predicted molar refractivity (Wildman–Crippen MR) is 63.5 cm³/mol. The number of aryl methyl sites for hydroxylation is 1. The van der Waals surface area contributed by atoms with Crippen molar-refractivity contribution in [1.82, 2.24) is 15.1 Å². The summed E-state index contributed by atoms with van der Waals surface area (Å²) in [5.74, 6) is 0.162. The first kappa shape index (κ1) is 11.5. The van der Waals surface area contributed by atoms with E-state index in [2.05, 4.69) is 10.4 Å². The van der Waals surface area contributed by atoms with Crippen LogP contribution >= 0.6 is 0 Å². The Balaban J connectivity index is 1.90. The molecule has 0 aliphatic carbocycles. The SMILES string of the molecule is Cn1ccc(CNCc2ccc(O)cc2O)n1. The lowest BCUT2D eigenvalue weighted by Crippen LogP contribution is -2.13. The summed E-state index contributed by atoms with van der Waals surface area (Å²) in [4.78, 5) is 0. The first-order valence-electron chi connectivity index (χ1n) is 5.35. The molecule has 0 amide bonds. The first-order valence-corrected chi connectivity index (χ1v) is 5.35. The van der Waals surface area contributed by atoms with Crippen LogP contribution in [0.3, 0.4) is 0 Å². The average Bonchev–Trinajstić information content (AvgIpc) is 2.68. The molecular weight excluding hydrogens is 218 g/mol. The summed E-state index contributed by atoms with van der Waals surface area (Å²) in [5, 5.41) is 26.1. The number of phenols is 2. The van der Waals surface area contributed by atoms with Gasteiger partial charge >= 0.3 is 0 Å². The van der Waals surface area contributed by atoms with Gasteiger partial charge in [0, 0.05) is 38.0 Å². The molecule has 0 spiro atoms. The molecule has 2 rings (SSSR count). The zero-order chi connectivity index (χ0) is 12.3. The molecule has 17 heavy (non-hydrogen) atoms. The van der Waals surface area contributed by atoms with Crippen LogP contribution in [0.25, 0.3) is 0 Å². The highest BCUT2D eigenvalue weighted by Gasteiger charge is 2.02. The summed E-state index contributed by atoms with van der Waals surface area (Å²) < 4.78 is 1.75. The van der Waals surface area contributed by atoms with Gasteiger partial charge in [0.15, 0.2) is 0 Å². The van der Waals surface area contributed by atoms with Crippen molar-refractivity contribution in [3.05, 3.63) is 41.7 Å². The number of nitrogens with one attached hydrogen (secondary N) is 1. The van der Waals surface area contributed by atoms with Gasteiger partial charge in [-0.3, -0.25) is 4.68 Å². The molecule has 2 aromatic rings. The van der Waals surface area contributed by atoms with Crippen LogP contribution < -0.4 is 5.32 Å². The molecule has 0 bridgehead atoms. The van der Waals surface area contributed by atoms with Gasteiger partial charge in [0.1, 0.15) is 11.5 Å².